The van der Waals surface area contributed by atoms with E-state index in [2.05, 4.69) is 16.0 Å². The Kier molecular flexibility index (Phi) is 6.57. The number of rotatable bonds is 5. The Bertz CT molecular complexity index is 812. The minimum atomic E-state index is -1.18. The van der Waals surface area contributed by atoms with Crippen LogP contribution in [0.3, 0.4) is 0 Å². The van der Waals surface area contributed by atoms with Crippen LogP contribution in [-0.2, 0) is 20.9 Å². The lowest BCUT2D eigenvalue weighted by Crippen LogP contribution is -2.50. The van der Waals surface area contributed by atoms with Crippen LogP contribution in [0.5, 0.6) is 0 Å². The summed E-state index contributed by atoms with van der Waals surface area (Å²) < 4.78 is 5.08. The molecule has 2 rings (SSSR count). The average Bonchev–Trinajstić information content (AvgIpc) is 2.92. The van der Waals surface area contributed by atoms with Crippen molar-refractivity contribution in [2.45, 2.75) is 45.9 Å². The molecule has 1 aromatic carbocycles. The van der Waals surface area contributed by atoms with Gasteiger partial charge in [-0.05, 0) is 45.4 Å². The monoisotopic (exact) mass is 404 g/mol. The highest BCUT2D eigenvalue weighted by Gasteiger charge is 2.28. The van der Waals surface area contributed by atoms with E-state index >= 15 is 0 Å². The van der Waals surface area contributed by atoms with Crippen molar-refractivity contribution in [2.75, 3.05) is 6.54 Å². The maximum atomic E-state index is 12.2. The Labute approximate surface area is 168 Å². The smallest absolute Gasteiger partial charge is 0.338 e. The van der Waals surface area contributed by atoms with Crippen LogP contribution in [-0.4, -0.2) is 52.9 Å². The molecular formula is C19H24N4O6. The first kappa shape index (κ1) is 21.9. The summed E-state index contributed by atoms with van der Waals surface area (Å²) in [5.74, 6) is -1.82. The highest BCUT2D eigenvalue weighted by Crippen LogP contribution is 2.12. The molecule has 0 spiro atoms. The molecule has 0 saturated carbocycles. The minimum absolute atomic E-state index is 0.0308. The summed E-state index contributed by atoms with van der Waals surface area (Å²) in [5.41, 5.74) is 0.313. The van der Waals surface area contributed by atoms with E-state index in [0.717, 1.165) is 4.90 Å². The SMILES string of the molecule is CC(OC(=O)c1ccc(CN2C(=O)CNC2=O)cc1)C(=O)NC(=O)NC(C)(C)C. The number of carbonyl (C=O) groups excluding carboxylic acids is 5. The second kappa shape index (κ2) is 8.72. The molecule has 1 saturated heterocycles. The number of nitrogens with one attached hydrogen (secondary N) is 3. The van der Waals surface area contributed by atoms with Gasteiger partial charge in [0.1, 0.15) is 0 Å². The standard InChI is InChI=1S/C19H24N4O6/c1-11(15(25)21-17(27)22-19(2,3)4)29-16(26)13-7-5-12(6-8-13)10-23-14(24)9-20-18(23)28/h5-8,11H,9-10H2,1-4H3,(H,20,28)(H2,21,22,25,27). The first-order valence-electron chi connectivity index (χ1n) is 8.97. The third-order valence-electron chi connectivity index (χ3n) is 3.85. The van der Waals surface area contributed by atoms with Crippen molar-refractivity contribution in [3.8, 4) is 0 Å². The Morgan fingerprint density at radius 2 is 1.79 bits per heavy atom. The lowest BCUT2D eigenvalue weighted by atomic mass is 10.1. The summed E-state index contributed by atoms with van der Waals surface area (Å²) in [7, 11) is 0. The second-order valence-electron chi connectivity index (χ2n) is 7.58. The molecule has 1 aliphatic rings. The maximum absolute atomic E-state index is 12.2. The van der Waals surface area contributed by atoms with Gasteiger partial charge in [-0.15, -0.1) is 0 Å². The van der Waals surface area contributed by atoms with Crippen LogP contribution in [0.4, 0.5) is 9.59 Å². The molecule has 1 aliphatic heterocycles. The van der Waals surface area contributed by atoms with E-state index in [0.29, 0.717) is 5.56 Å². The summed E-state index contributed by atoms with van der Waals surface area (Å²) >= 11 is 0. The number of benzene rings is 1. The second-order valence-corrected chi connectivity index (χ2v) is 7.58. The topological polar surface area (TPSA) is 134 Å². The van der Waals surface area contributed by atoms with Gasteiger partial charge in [0, 0.05) is 5.54 Å². The van der Waals surface area contributed by atoms with Crippen molar-refractivity contribution in [3.05, 3.63) is 35.4 Å². The molecule has 0 aliphatic carbocycles. The van der Waals surface area contributed by atoms with Gasteiger partial charge in [0.05, 0.1) is 18.7 Å². The Hall–Kier alpha value is -3.43. The van der Waals surface area contributed by atoms with Crippen LogP contribution in [0.15, 0.2) is 24.3 Å². The van der Waals surface area contributed by atoms with Crippen molar-refractivity contribution in [1.29, 1.82) is 0 Å². The van der Waals surface area contributed by atoms with E-state index in [4.69, 9.17) is 4.74 Å². The van der Waals surface area contributed by atoms with Crippen molar-refractivity contribution in [2.24, 2.45) is 0 Å². The highest BCUT2D eigenvalue weighted by molar-refractivity contribution is 6.02. The van der Waals surface area contributed by atoms with Crippen LogP contribution in [0.25, 0.3) is 0 Å². The molecule has 0 radical (unpaired) electrons. The molecule has 1 fully saturated rings. The van der Waals surface area contributed by atoms with E-state index in [-0.39, 0.29) is 24.6 Å². The minimum Gasteiger partial charge on any atom is -0.449 e. The average molecular weight is 404 g/mol. The van der Waals surface area contributed by atoms with Gasteiger partial charge in [-0.1, -0.05) is 12.1 Å². The molecule has 0 aromatic heterocycles. The van der Waals surface area contributed by atoms with Crippen LogP contribution < -0.4 is 16.0 Å². The molecule has 1 atom stereocenters. The largest absolute Gasteiger partial charge is 0.449 e. The number of carbonyl (C=O) groups is 5. The van der Waals surface area contributed by atoms with Gasteiger partial charge < -0.3 is 15.4 Å². The summed E-state index contributed by atoms with van der Waals surface area (Å²) in [6, 6.07) is 4.94. The molecule has 3 N–H and O–H groups in total. The number of ether oxygens (including phenoxy) is 1. The predicted octanol–water partition coefficient (Wildman–Crippen LogP) is 0.908. The van der Waals surface area contributed by atoms with Crippen molar-refractivity contribution >= 4 is 29.8 Å². The number of imide groups is 2. The molecule has 29 heavy (non-hydrogen) atoms. The highest BCUT2D eigenvalue weighted by atomic mass is 16.5. The normalized spacial score (nSPS) is 14.8. The third kappa shape index (κ3) is 6.30. The number of esters is 1. The van der Waals surface area contributed by atoms with E-state index in [9.17, 15) is 24.0 Å². The first-order valence-corrected chi connectivity index (χ1v) is 8.97. The summed E-state index contributed by atoms with van der Waals surface area (Å²) in [4.78, 5) is 60.1. The molecule has 1 aromatic rings. The zero-order chi connectivity index (χ0) is 21.8. The van der Waals surface area contributed by atoms with Crippen molar-refractivity contribution in [1.82, 2.24) is 20.9 Å². The molecule has 156 valence electrons. The Morgan fingerprint density at radius 3 is 2.31 bits per heavy atom. The quantitative estimate of drug-likeness (QED) is 0.493. The molecule has 1 unspecified atom stereocenters. The van der Waals surface area contributed by atoms with Gasteiger partial charge >= 0.3 is 18.0 Å². The lowest BCUT2D eigenvalue weighted by molar-refractivity contribution is -0.128. The first-order chi connectivity index (χ1) is 13.5. The number of amides is 6. The fraction of sp³-hybridized carbons (Fsp3) is 0.421. The number of hydrogen-bond donors (Lipinski definition) is 3. The number of nitrogens with zero attached hydrogens (tertiary/aromatic N) is 1. The zero-order valence-corrected chi connectivity index (χ0v) is 16.7. The molecule has 10 nitrogen and oxygen atoms in total. The van der Waals surface area contributed by atoms with Gasteiger partial charge in [-0.2, -0.15) is 0 Å². The maximum Gasteiger partial charge on any atom is 0.338 e. The Balaban J connectivity index is 1.89. The number of urea groups is 2. The summed E-state index contributed by atoms with van der Waals surface area (Å²) in [6.45, 7) is 6.69. The van der Waals surface area contributed by atoms with E-state index in [1.165, 1.54) is 19.1 Å². The van der Waals surface area contributed by atoms with Crippen LogP contribution in [0.1, 0.15) is 43.6 Å². The molecule has 6 amide bonds. The van der Waals surface area contributed by atoms with Crippen LogP contribution in [0, 0.1) is 0 Å². The van der Waals surface area contributed by atoms with Crippen LogP contribution >= 0.6 is 0 Å². The van der Waals surface area contributed by atoms with Gasteiger partial charge in [-0.25, -0.2) is 14.4 Å². The van der Waals surface area contributed by atoms with Gasteiger partial charge in [0.15, 0.2) is 6.10 Å². The van der Waals surface area contributed by atoms with Crippen molar-refractivity contribution in [3.63, 3.8) is 0 Å². The molecular weight excluding hydrogens is 380 g/mol. The van der Waals surface area contributed by atoms with Gasteiger partial charge in [-0.3, -0.25) is 19.8 Å². The van der Waals surface area contributed by atoms with E-state index < -0.39 is 35.6 Å². The molecule has 10 heteroatoms. The van der Waals surface area contributed by atoms with Gasteiger partial charge in [0.2, 0.25) is 5.91 Å². The summed E-state index contributed by atoms with van der Waals surface area (Å²) in [5, 5.41) is 7.10. The molecule has 1 heterocycles. The van der Waals surface area contributed by atoms with Crippen LogP contribution in [0.2, 0.25) is 0 Å². The zero-order valence-electron chi connectivity index (χ0n) is 16.7. The summed E-state index contributed by atoms with van der Waals surface area (Å²) in [6.07, 6.45) is -1.18. The molecule has 0 bridgehead atoms. The third-order valence-corrected chi connectivity index (χ3v) is 3.85. The van der Waals surface area contributed by atoms with Crippen molar-refractivity contribution < 1.29 is 28.7 Å². The van der Waals surface area contributed by atoms with Gasteiger partial charge in [0.25, 0.3) is 5.91 Å². The Morgan fingerprint density at radius 1 is 1.17 bits per heavy atom. The fourth-order valence-electron chi connectivity index (χ4n) is 2.41. The van der Waals surface area contributed by atoms with E-state index in [1.807, 2.05) is 0 Å². The van der Waals surface area contributed by atoms with E-state index in [1.54, 1.807) is 32.9 Å². The fourth-order valence-corrected chi connectivity index (χ4v) is 2.41. The lowest BCUT2D eigenvalue weighted by Gasteiger charge is -2.21. The predicted molar refractivity (Wildman–Crippen MR) is 102 cm³/mol. The number of hydrogen-bond acceptors (Lipinski definition) is 6.